The number of ether oxygens (including phenoxy) is 1. The van der Waals surface area contributed by atoms with Gasteiger partial charge in [0.25, 0.3) is 0 Å². The highest BCUT2D eigenvalue weighted by Crippen LogP contribution is 2.23. The highest BCUT2D eigenvalue weighted by atomic mass is 32.1. The number of rotatable bonds is 7. The number of anilines is 2. The van der Waals surface area contributed by atoms with Crippen LogP contribution in [-0.4, -0.2) is 59.0 Å². The SMILES string of the molecule is COc1ccc(Nc2nc(CN3CCN(C(=O)Cc4nc(C)cs4)CC3)cs2)cc1. The van der Waals surface area contributed by atoms with Crippen molar-refractivity contribution in [3.05, 3.63) is 51.4 Å². The second-order valence-electron chi connectivity index (χ2n) is 7.21. The molecule has 0 unspecified atom stereocenters. The van der Waals surface area contributed by atoms with E-state index in [0.717, 1.165) is 65.7 Å². The van der Waals surface area contributed by atoms with E-state index in [2.05, 4.69) is 20.6 Å². The maximum Gasteiger partial charge on any atom is 0.229 e. The summed E-state index contributed by atoms with van der Waals surface area (Å²) in [5, 5.41) is 9.20. The van der Waals surface area contributed by atoms with Gasteiger partial charge < -0.3 is 15.0 Å². The highest BCUT2D eigenvalue weighted by Gasteiger charge is 2.22. The number of benzene rings is 1. The molecule has 9 heteroatoms. The number of methoxy groups -OCH3 is 1. The van der Waals surface area contributed by atoms with Crippen LogP contribution in [0.25, 0.3) is 0 Å². The Hall–Kier alpha value is -2.49. The third-order valence-corrected chi connectivity index (χ3v) is 6.75. The molecule has 1 aliphatic heterocycles. The molecule has 2 aromatic heterocycles. The summed E-state index contributed by atoms with van der Waals surface area (Å²) in [4.78, 5) is 25.9. The van der Waals surface area contributed by atoms with E-state index in [1.54, 1.807) is 29.8 Å². The summed E-state index contributed by atoms with van der Waals surface area (Å²) in [6, 6.07) is 7.80. The number of aromatic nitrogens is 2. The maximum absolute atomic E-state index is 12.5. The summed E-state index contributed by atoms with van der Waals surface area (Å²) in [7, 11) is 1.66. The second kappa shape index (κ2) is 9.55. The zero-order chi connectivity index (χ0) is 20.9. The van der Waals surface area contributed by atoms with Crippen molar-refractivity contribution in [3.63, 3.8) is 0 Å². The molecular formula is C21H25N5O2S2. The normalized spacial score (nSPS) is 14.7. The van der Waals surface area contributed by atoms with Crippen LogP contribution in [0.15, 0.2) is 35.0 Å². The monoisotopic (exact) mass is 443 g/mol. The molecular weight excluding hydrogens is 418 g/mol. The molecule has 1 aliphatic rings. The zero-order valence-corrected chi connectivity index (χ0v) is 18.8. The van der Waals surface area contributed by atoms with E-state index in [-0.39, 0.29) is 5.91 Å². The van der Waals surface area contributed by atoms with Gasteiger partial charge in [-0.15, -0.1) is 22.7 Å². The average molecular weight is 444 g/mol. The van der Waals surface area contributed by atoms with Crippen LogP contribution in [-0.2, 0) is 17.8 Å². The Balaban J connectivity index is 1.24. The number of nitrogens with one attached hydrogen (secondary N) is 1. The number of aryl methyl sites for hydroxylation is 1. The van der Waals surface area contributed by atoms with E-state index in [1.165, 1.54) is 0 Å². The van der Waals surface area contributed by atoms with E-state index in [9.17, 15) is 4.79 Å². The smallest absolute Gasteiger partial charge is 0.229 e. The van der Waals surface area contributed by atoms with Crippen molar-refractivity contribution in [2.24, 2.45) is 0 Å². The summed E-state index contributed by atoms with van der Waals surface area (Å²) in [5.74, 6) is 1.00. The van der Waals surface area contributed by atoms with Gasteiger partial charge in [-0.1, -0.05) is 0 Å². The molecule has 4 rings (SSSR count). The molecule has 3 aromatic rings. The van der Waals surface area contributed by atoms with E-state index >= 15 is 0 Å². The number of hydrogen-bond acceptors (Lipinski definition) is 8. The number of amides is 1. The number of nitrogens with zero attached hydrogens (tertiary/aromatic N) is 4. The Morgan fingerprint density at radius 3 is 2.53 bits per heavy atom. The van der Waals surface area contributed by atoms with Crippen LogP contribution < -0.4 is 10.1 Å². The predicted octanol–water partition coefficient (Wildman–Crippen LogP) is 3.55. The zero-order valence-electron chi connectivity index (χ0n) is 17.1. The van der Waals surface area contributed by atoms with Crippen molar-refractivity contribution < 1.29 is 9.53 Å². The Bertz CT molecular complexity index is 977. The van der Waals surface area contributed by atoms with Crippen molar-refractivity contribution >= 4 is 39.4 Å². The largest absolute Gasteiger partial charge is 0.497 e. The van der Waals surface area contributed by atoms with Gasteiger partial charge >= 0.3 is 0 Å². The summed E-state index contributed by atoms with van der Waals surface area (Å²) in [6.45, 7) is 5.99. The molecule has 0 spiro atoms. The Kier molecular flexibility index (Phi) is 6.61. The van der Waals surface area contributed by atoms with Gasteiger partial charge in [0.1, 0.15) is 10.8 Å². The Morgan fingerprint density at radius 1 is 1.10 bits per heavy atom. The number of piperazine rings is 1. The minimum absolute atomic E-state index is 0.170. The molecule has 1 aromatic carbocycles. The van der Waals surface area contributed by atoms with Crippen LogP contribution in [0.3, 0.4) is 0 Å². The lowest BCUT2D eigenvalue weighted by atomic mass is 10.2. The van der Waals surface area contributed by atoms with Gasteiger partial charge in [0.2, 0.25) is 5.91 Å². The van der Waals surface area contributed by atoms with Gasteiger partial charge in [-0.3, -0.25) is 9.69 Å². The molecule has 0 radical (unpaired) electrons. The molecule has 1 amide bonds. The molecule has 3 heterocycles. The third-order valence-electron chi connectivity index (χ3n) is 4.97. The van der Waals surface area contributed by atoms with Crippen LogP contribution in [0, 0.1) is 6.92 Å². The van der Waals surface area contributed by atoms with Gasteiger partial charge in [0.15, 0.2) is 5.13 Å². The number of carbonyl (C=O) groups excluding carboxylic acids is 1. The van der Waals surface area contributed by atoms with Crippen molar-refractivity contribution in [3.8, 4) is 5.75 Å². The van der Waals surface area contributed by atoms with E-state index in [1.807, 2.05) is 41.5 Å². The van der Waals surface area contributed by atoms with Crippen LogP contribution in [0.5, 0.6) is 5.75 Å². The molecule has 0 atom stereocenters. The molecule has 7 nitrogen and oxygen atoms in total. The summed E-state index contributed by atoms with van der Waals surface area (Å²) < 4.78 is 5.19. The lowest BCUT2D eigenvalue weighted by Gasteiger charge is -2.34. The Labute approximate surface area is 184 Å². The minimum Gasteiger partial charge on any atom is -0.497 e. The first-order valence-electron chi connectivity index (χ1n) is 9.85. The highest BCUT2D eigenvalue weighted by molar-refractivity contribution is 7.13. The van der Waals surface area contributed by atoms with Gasteiger partial charge in [-0.25, -0.2) is 9.97 Å². The van der Waals surface area contributed by atoms with Crippen LogP contribution in [0.2, 0.25) is 0 Å². The van der Waals surface area contributed by atoms with Crippen LogP contribution in [0.1, 0.15) is 16.4 Å². The quantitative estimate of drug-likeness (QED) is 0.602. The molecule has 158 valence electrons. The molecule has 30 heavy (non-hydrogen) atoms. The second-order valence-corrected chi connectivity index (χ2v) is 9.01. The van der Waals surface area contributed by atoms with Crippen molar-refractivity contribution in [2.75, 3.05) is 38.6 Å². The summed E-state index contributed by atoms with van der Waals surface area (Å²) in [6.07, 6.45) is 0.408. The lowest BCUT2D eigenvalue weighted by Crippen LogP contribution is -2.48. The number of thiazole rings is 2. The predicted molar refractivity (Wildman–Crippen MR) is 121 cm³/mol. The maximum atomic E-state index is 12.5. The van der Waals surface area contributed by atoms with E-state index in [4.69, 9.17) is 9.72 Å². The number of carbonyl (C=O) groups is 1. The molecule has 0 saturated carbocycles. The fraction of sp³-hybridized carbons (Fsp3) is 0.381. The van der Waals surface area contributed by atoms with Crippen molar-refractivity contribution in [2.45, 2.75) is 19.9 Å². The van der Waals surface area contributed by atoms with E-state index < -0.39 is 0 Å². The first-order chi connectivity index (χ1) is 14.6. The average Bonchev–Trinajstić information content (AvgIpc) is 3.37. The van der Waals surface area contributed by atoms with Gasteiger partial charge in [-0.2, -0.15) is 0 Å². The minimum atomic E-state index is 0.170. The van der Waals surface area contributed by atoms with Gasteiger partial charge in [0.05, 0.1) is 19.2 Å². The van der Waals surface area contributed by atoms with Gasteiger partial charge in [-0.05, 0) is 31.2 Å². The topological polar surface area (TPSA) is 70.6 Å². The molecule has 0 bridgehead atoms. The molecule has 1 saturated heterocycles. The molecule has 1 fully saturated rings. The standard InChI is InChI=1S/C21H25N5O2S2/c1-15-13-29-19(22-15)11-20(27)26-9-7-25(8-10-26)12-17-14-30-21(24-17)23-16-3-5-18(28-2)6-4-16/h3-6,13-14H,7-12H2,1-2H3,(H,23,24). The van der Waals surface area contributed by atoms with Gasteiger partial charge in [0, 0.05) is 54.9 Å². The summed E-state index contributed by atoms with van der Waals surface area (Å²) >= 11 is 3.16. The first kappa shape index (κ1) is 20.8. The van der Waals surface area contributed by atoms with Crippen molar-refractivity contribution in [1.82, 2.24) is 19.8 Å². The lowest BCUT2D eigenvalue weighted by molar-refractivity contribution is -0.132. The van der Waals surface area contributed by atoms with Crippen molar-refractivity contribution in [1.29, 1.82) is 0 Å². The third kappa shape index (κ3) is 5.35. The summed E-state index contributed by atoms with van der Waals surface area (Å²) in [5.41, 5.74) is 3.02. The fourth-order valence-corrected chi connectivity index (χ4v) is 4.83. The van der Waals surface area contributed by atoms with Crippen LogP contribution in [0.4, 0.5) is 10.8 Å². The fourth-order valence-electron chi connectivity index (χ4n) is 3.34. The number of hydrogen-bond donors (Lipinski definition) is 1. The molecule has 1 N–H and O–H groups in total. The Morgan fingerprint density at radius 2 is 1.87 bits per heavy atom. The van der Waals surface area contributed by atoms with E-state index in [0.29, 0.717) is 6.42 Å². The molecule has 0 aliphatic carbocycles. The van der Waals surface area contributed by atoms with Crippen LogP contribution >= 0.6 is 22.7 Å². The first-order valence-corrected chi connectivity index (χ1v) is 11.6.